The second-order valence-corrected chi connectivity index (χ2v) is 3.53. The van der Waals surface area contributed by atoms with E-state index in [2.05, 4.69) is 20.3 Å². The first kappa shape index (κ1) is 33.4. The molecule has 0 aromatic rings. The average molecular weight is 314 g/mol. The van der Waals surface area contributed by atoms with E-state index < -0.39 is 18.4 Å². The molecule has 0 aliphatic carbocycles. The number of aliphatic carboxylic acids is 2. The van der Waals surface area contributed by atoms with Gasteiger partial charge in [0.05, 0.1) is 0 Å². The van der Waals surface area contributed by atoms with Crippen LogP contribution < -0.4 is 132 Å². The summed E-state index contributed by atoms with van der Waals surface area (Å²) in [7, 11) is 0. The Bertz CT molecular complexity index is 175. The van der Waals surface area contributed by atoms with Crippen molar-refractivity contribution in [2.24, 2.45) is 0 Å². The van der Waals surface area contributed by atoms with Crippen molar-refractivity contribution in [2.45, 2.75) is 58.8 Å². The fraction of sp³-hybridized carbons (Fsp3) is 0.750. The molecule has 7 heteroatoms. The summed E-state index contributed by atoms with van der Waals surface area (Å²) in [5.74, 6) is -3.25. The van der Waals surface area contributed by atoms with Gasteiger partial charge in [0.15, 0.2) is 0 Å². The Morgan fingerprint density at radius 3 is 1.63 bits per heavy atom. The van der Waals surface area contributed by atoms with Crippen LogP contribution in [0.3, 0.4) is 0 Å². The van der Waals surface area contributed by atoms with Crippen molar-refractivity contribution in [3.8, 4) is 0 Å². The molecule has 96 valence electrons. The van der Waals surface area contributed by atoms with Gasteiger partial charge in [-0.3, -0.25) is 0 Å². The van der Waals surface area contributed by atoms with Crippen LogP contribution in [-0.4, -0.2) is 11.9 Å². The summed E-state index contributed by atoms with van der Waals surface area (Å²) in [6.07, 6.45) is 9.58. The molecule has 0 aromatic heterocycles. The van der Waals surface area contributed by atoms with Gasteiger partial charge in [0.25, 0.3) is 0 Å². The van der Waals surface area contributed by atoms with Crippen LogP contribution in [0.5, 0.6) is 0 Å². The van der Waals surface area contributed by atoms with Gasteiger partial charge in [-0.2, -0.15) is 13.3 Å². The van der Waals surface area contributed by atoms with Crippen LogP contribution in [-0.2, 0) is 9.59 Å². The van der Waals surface area contributed by atoms with E-state index >= 15 is 0 Å². The minimum atomic E-state index is -1.63. The molecule has 0 saturated carbocycles. The number of carbonyl (C=O) groups is 2. The van der Waals surface area contributed by atoms with Gasteiger partial charge in [0, 0.05) is 18.4 Å². The molecule has 0 aliphatic rings. The molecule has 0 radical (unpaired) electrons. The SMILES string of the molecule is C[CH-]CCCCCCC.O=C([O-])CC(=O)[O-].[K+].[K+].[Li+]. The Hall–Kier alpha value is 2.81. The van der Waals surface area contributed by atoms with Gasteiger partial charge >= 0.3 is 122 Å². The third-order valence-corrected chi connectivity index (χ3v) is 1.89. The predicted molar refractivity (Wildman–Crippen MR) is 58.0 cm³/mol. The number of hydrogen-bond donors (Lipinski definition) is 0. The predicted octanol–water partition coefficient (Wildman–Crippen LogP) is -8.54. The summed E-state index contributed by atoms with van der Waals surface area (Å²) < 4.78 is 0. The zero-order valence-corrected chi connectivity index (χ0v) is 19.4. The normalized spacial score (nSPS) is 7.68. The Balaban J connectivity index is -0.0000000607. The second kappa shape index (κ2) is 28.9. The standard InChI is InChI=1S/C9H19.C3H4O4.2K.Li/c1-3-5-7-9-8-6-4-2;4-2(5)1-3(6)7;;;/h3H,4-9H2,1-2H3;1H2,(H,4,5)(H,6,7);;;/q-1;;3*+1/p-2. The molecule has 0 bridgehead atoms. The number of carboxylic acids is 2. The maximum absolute atomic E-state index is 9.28. The van der Waals surface area contributed by atoms with Crippen molar-refractivity contribution >= 4 is 11.9 Å². The molecule has 0 amide bonds. The number of carbonyl (C=O) groups excluding carboxylic acids is 2. The third-order valence-electron chi connectivity index (χ3n) is 1.89. The van der Waals surface area contributed by atoms with Crippen LogP contribution in [0.4, 0.5) is 0 Å². The second-order valence-electron chi connectivity index (χ2n) is 3.53. The molecule has 0 spiro atoms. The fourth-order valence-electron chi connectivity index (χ4n) is 1.07. The average Bonchev–Trinajstić information content (AvgIpc) is 2.16. The van der Waals surface area contributed by atoms with Crippen molar-refractivity contribution in [2.75, 3.05) is 0 Å². The topological polar surface area (TPSA) is 80.3 Å². The van der Waals surface area contributed by atoms with Gasteiger partial charge in [0.1, 0.15) is 0 Å². The molecule has 19 heavy (non-hydrogen) atoms. The Morgan fingerprint density at radius 1 is 0.947 bits per heavy atom. The third kappa shape index (κ3) is 44.9. The molecule has 0 unspecified atom stereocenters. The summed E-state index contributed by atoms with van der Waals surface area (Å²) >= 11 is 0. The van der Waals surface area contributed by atoms with Gasteiger partial charge in [-0.15, -0.1) is 0 Å². The Kier molecular flexibility index (Phi) is 50.8. The smallest absolute Gasteiger partial charge is 0.550 e. The van der Waals surface area contributed by atoms with Crippen molar-refractivity contribution in [3.63, 3.8) is 0 Å². The number of unbranched alkanes of at least 4 members (excludes halogenated alkanes) is 6. The van der Waals surface area contributed by atoms with Crippen molar-refractivity contribution < 1.29 is 141 Å². The zero-order valence-electron chi connectivity index (χ0n) is 13.2. The van der Waals surface area contributed by atoms with E-state index in [1.807, 2.05) is 0 Å². The van der Waals surface area contributed by atoms with Crippen molar-refractivity contribution in [1.82, 2.24) is 0 Å². The summed E-state index contributed by atoms with van der Waals surface area (Å²) in [6, 6.07) is 0. The monoisotopic (exact) mass is 314 g/mol. The molecule has 0 heterocycles. The largest absolute Gasteiger partial charge is 1.00 e. The van der Waals surface area contributed by atoms with E-state index in [9.17, 15) is 19.8 Å². The number of carboxylic acid groups (broad SMARTS) is 2. The zero-order chi connectivity index (χ0) is 12.8. The minimum absolute atomic E-state index is 0. The molecular weight excluding hydrogens is 293 g/mol. The molecule has 0 rings (SSSR count). The van der Waals surface area contributed by atoms with Crippen LogP contribution in [0.1, 0.15) is 58.8 Å². The van der Waals surface area contributed by atoms with E-state index in [0.29, 0.717) is 0 Å². The van der Waals surface area contributed by atoms with Crippen LogP contribution >= 0.6 is 0 Å². The van der Waals surface area contributed by atoms with Gasteiger partial charge in [-0.1, -0.05) is 39.0 Å². The molecule has 0 aliphatic heterocycles. The van der Waals surface area contributed by atoms with E-state index in [-0.39, 0.29) is 122 Å². The van der Waals surface area contributed by atoms with Gasteiger partial charge in [-0.05, 0) is 0 Å². The summed E-state index contributed by atoms with van der Waals surface area (Å²) in [4.78, 5) is 18.6. The van der Waals surface area contributed by atoms with Gasteiger partial charge in [0.2, 0.25) is 0 Å². The molecular formula is C12H21K2LiO4. The van der Waals surface area contributed by atoms with Gasteiger partial charge in [-0.25, -0.2) is 0 Å². The molecule has 0 fully saturated rings. The number of hydrogen-bond acceptors (Lipinski definition) is 4. The van der Waals surface area contributed by atoms with Crippen LogP contribution in [0.15, 0.2) is 0 Å². The van der Waals surface area contributed by atoms with E-state index in [4.69, 9.17) is 0 Å². The van der Waals surface area contributed by atoms with E-state index in [1.165, 1.54) is 38.5 Å². The summed E-state index contributed by atoms with van der Waals surface area (Å²) in [6.45, 7) is 4.39. The summed E-state index contributed by atoms with van der Waals surface area (Å²) in [5, 5.41) is 18.6. The van der Waals surface area contributed by atoms with Crippen molar-refractivity contribution in [1.29, 1.82) is 0 Å². The first-order chi connectivity index (χ1) is 7.54. The molecule has 0 aromatic carbocycles. The molecule has 0 saturated heterocycles. The van der Waals surface area contributed by atoms with Crippen LogP contribution in [0, 0.1) is 6.42 Å². The first-order valence-electron chi connectivity index (χ1n) is 5.72. The van der Waals surface area contributed by atoms with E-state index in [1.54, 1.807) is 0 Å². The maximum Gasteiger partial charge on any atom is 1.00 e. The van der Waals surface area contributed by atoms with Crippen LogP contribution in [0.25, 0.3) is 0 Å². The first-order valence-corrected chi connectivity index (χ1v) is 5.72. The van der Waals surface area contributed by atoms with E-state index in [0.717, 1.165) is 0 Å². The maximum atomic E-state index is 9.28. The summed E-state index contributed by atoms with van der Waals surface area (Å²) in [5.41, 5.74) is 0. The van der Waals surface area contributed by atoms with Crippen molar-refractivity contribution in [3.05, 3.63) is 6.42 Å². The molecule has 4 nitrogen and oxygen atoms in total. The minimum Gasteiger partial charge on any atom is -0.550 e. The van der Waals surface area contributed by atoms with Crippen LogP contribution in [0.2, 0.25) is 0 Å². The quantitative estimate of drug-likeness (QED) is 0.193. The Labute approximate surface area is 214 Å². The molecule has 0 atom stereocenters. The number of rotatable bonds is 8. The molecule has 0 N–H and O–H groups in total. The van der Waals surface area contributed by atoms with Gasteiger partial charge < -0.3 is 26.2 Å². The Morgan fingerprint density at radius 2 is 1.37 bits per heavy atom. The fourth-order valence-corrected chi connectivity index (χ4v) is 1.07.